The summed E-state index contributed by atoms with van der Waals surface area (Å²) in [6.45, 7) is 2.32. The largest absolute Gasteiger partial charge is 0.493 e. The number of esters is 1. The lowest BCUT2D eigenvalue weighted by Crippen LogP contribution is -2.33. The number of nitrogens with one attached hydrogen (secondary N) is 1. The van der Waals surface area contributed by atoms with Gasteiger partial charge in [-0.05, 0) is 55.0 Å². The number of carbonyl (C=O) groups excluding carboxylic acids is 3. The van der Waals surface area contributed by atoms with Crippen LogP contribution in [0.3, 0.4) is 0 Å². The molecule has 1 aromatic heterocycles. The molecule has 8 nitrogen and oxygen atoms in total. The Hall–Kier alpha value is -5.50. The summed E-state index contributed by atoms with van der Waals surface area (Å²) in [6.07, 6.45) is 1.61. The van der Waals surface area contributed by atoms with Crippen LogP contribution >= 0.6 is 0 Å². The molecule has 1 heterocycles. The van der Waals surface area contributed by atoms with Crippen LogP contribution in [0.2, 0.25) is 0 Å². The van der Waals surface area contributed by atoms with E-state index in [1.54, 1.807) is 48.5 Å². The molecule has 4 aromatic carbocycles. The van der Waals surface area contributed by atoms with Crippen molar-refractivity contribution >= 4 is 23.7 Å². The van der Waals surface area contributed by atoms with Gasteiger partial charge >= 0.3 is 5.97 Å². The summed E-state index contributed by atoms with van der Waals surface area (Å²) in [5, 5.41) is 3.20. The molecule has 0 saturated heterocycles. The number of hydrogen-bond acceptors (Lipinski definition) is 8. The third-order valence-electron chi connectivity index (χ3n) is 7.16. The minimum Gasteiger partial charge on any atom is -0.493 e. The smallest absolute Gasteiger partial charge is 0.328 e. The number of benzene rings is 4. The van der Waals surface area contributed by atoms with Gasteiger partial charge in [-0.2, -0.15) is 0 Å². The molecule has 1 unspecified atom stereocenters. The summed E-state index contributed by atoms with van der Waals surface area (Å²) in [5.41, 5.74) is 4.31. The van der Waals surface area contributed by atoms with Crippen LogP contribution in [0.4, 0.5) is 5.69 Å². The van der Waals surface area contributed by atoms with E-state index >= 15 is 0 Å². The van der Waals surface area contributed by atoms with Gasteiger partial charge in [-0.3, -0.25) is 9.59 Å². The number of ketones is 1. The molecule has 0 radical (unpaired) electrons. The number of nitrogens with zero attached hydrogens (tertiary/aromatic N) is 1. The van der Waals surface area contributed by atoms with Crippen molar-refractivity contribution in [2.24, 2.45) is 0 Å². The van der Waals surface area contributed by atoms with Crippen molar-refractivity contribution in [2.75, 3.05) is 19.0 Å². The van der Waals surface area contributed by atoms with E-state index in [9.17, 15) is 14.4 Å². The Labute approximate surface area is 255 Å². The number of oxazole rings is 1. The van der Waals surface area contributed by atoms with E-state index in [1.165, 1.54) is 7.11 Å². The topological polar surface area (TPSA) is 108 Å². The fraction of sp³-hybridized carbons (Fsp3) is 0.167. The van der Waals surface area contributed by atoms with Crippen molar-refractivity contribution in [2.45, 2.75) is 25.8 Å². The number of aldehydes is 1. The van der Waals surface area contributed by atoms with Crippen molar-refractivity contribution < 1.29 is 28.3 Å². The Morgan fingerprint density at radius 2 is 1.68 bits per heavy atom. The van der Waals surface area contributed by atoms with E-state index in [4.69, 9.17) is 13.9 Å². The highest BCUT2D eigenvalue weighted by molar-refractivity contribution is 6.13. The van der Waals surface area contributed by atoms with Crippen molar-refractivity contribution in [3.63, 3.8) is 0 Å². The molecule has 0 saturated carbocycles. The zero-order chi connectivity index (χ0) is 30.9. The number of aromatic nitrogens is 1. The van der Waals surface area contributed by atoms with Crippen LogP contribution in [-0.2, 0) is 22.4 Å². The van der Waals surface area contributed by atoms with Gasteiger partial charge in [0.05, 0.1) is 19.4 Å². The van der Waals surface area contributed by atoms with Crippen LogP contribution in [0, 0.1) is 6.92 Å². The van der Waals surface area contributed by atoms with Crippen molar-refractivity contribution in [3.8, 4) is 17.2 Å². The van der Waals surface area contributed by atoms with Gasteiger partial charge in [0.15, 0.2) is 5.78 Å². The maximum absolute atomic E-state index is 13.3. The van der Waals surface area contributed by atoms with Gasteiger partial charge in [0.25, 0.3) is 0 Å². The Balaban J connectivity index is 1.22. The number of para-hydroxylation sites is 1. The molecule has 5 rings (SSSR count). The minimum atomic E-state index is -0.754. The standard InChI is InChI=1S/C36H32N2O6/c1-24-31(38-35(44-24)27-10-4-3-5-11-27)19-20-43-29-17-15-25(16-18-29)22-33(36(41)42-2)37-32-14-7-6-13-30(32)34(40)28-12-8-9-26(21-28)23-39/h3-18,21,23,33,37H,19-20,22H2,1-2H3. The third-order valence-corrected chi connectivity index (χ3v) is 7.16. The average Bonchev–Trinajstić information content (AvgIpc) is 3.45. The van der Waals surface area contributed by atoms with Gasteiger partial charge in [0.1, 0.15) is 23.8 Å². The first-order valence-electron chi connectivity index (χ1n) is 14.2. The summed E-state index contributed by atoms with van der Waals surface area (Å²) in [5.74, 6) is 1.32. The molecule has 1 atom stereocenters. The predicted molar refractivity (Wildman–Crippen MR) is 167 cm³/mol. The fourth-order valence-corrected chi connectivity index (χ4v) is 4.83. The molecule has 222 valence electrons. The third kappa shape index (κ3) is 7.28. The number of carbonyl (C=O) groups is 3. The van der Waals surface area contributed by atoms with Crippen LogP contribution in [0.5, 0.6) is 5.75 Å². The van der Waals surface area contributed by atoms with Crippen LogP contribution in [0.1, 0.15) is 43.3 Å². The second-order valence-corrected chi connectivity index (χ2v) is 10.2. The maximum atomic E-state index is 13.3. The highest BCUT2D eigenvalue weighted by atomic mass is 16.5. The molecule has 0 fully saturated rings. The van der Waals surface area contributed by atoms with E-state index in [1.807, 2.05) is 61.5 Å². The molecular formula is C36H32N2O6. The molecule has 44 heavy (non-hydrogen) atoms. The number of hydrogen-bond donors (Lipinski definition) is 1. The summed E-state index contributed by atoms with van der Waals surface area (Å²) in [6, 6.07) is 30.0. The van der Waals surface area contributed by atoms with E-state index in [0.29, 0.717) is 59.8 Å². The molecule has 0 bridgehead atoms. The number of anilines is 1. The minimum absolute atomic E-state index is 0.265. The molecule has 8 heteroatoms. The van der Waals surface area contributed by atoms with Crippen molar-refractivity contribution in [3.05, 3.63) is 137 Å². The monoisotopic (exact) mass is 588 g/mol. The van der Waals surface area contributed by atoms with Gasteiger partial charge in [-0.15, -0.1) is 0 Å². The lowest BCUT2D eigenvalue weighted by atomic mass is 9.99. The van der Waals surface area contributed by atoms with Gasteiger partial charge in [-0.1, -0.05) is 60.7 Å². The first kappa shape index (κ1) is 30.0. The Morgan fingerprint density at radius 1 is 0.932 bits per heavy atom. The molecule has 0 amide bonds. The van der Waals surface area contributed by atoms with Gasteiger partial charge in [-0.25, -0.2) is 9.78 Å². The van der Waals surface area contributed by atoms with Gasteiger partial charge in [0, 0.05) is 40.8 Å². The molecule has 0 spiro atoms. The van der Waals surface area contributed by atoms with E-state index in [-0.39, 0.29) is 5.78 Å². The molecule has 0 aliphatic carbocycles. The highest BCUT2D eigenvalue weighted by Gasteiger charge is 2.23. The SMILES string of the molecule is COC(=O)C(Cc1ccc(OCCc2nc(-c3ccccc3)oc2C)cc1)Nc1ccccc1C(=O)c1cccc(C=O)c1. The highest BCUT2D eigenvalue weighted by Crippen LogP contribution is 2.24. The molecule has 1 N–H and O–H groups in total. The normalized spacial score (nSPS) is 11.4. The lowest BCUT2D eigenvalue weighted by molar-refractivity contribution is -0.141. The summed E-state index contributed by atoms with van der Waals surface area (Å²) in [7, 11) is 1.33. The van der Waals surface area contributed by atoms with Gasteiger partial charge < -0.3 is 19.2 Å². The van der Waals surface area contributed by atoms with E-state index in [2.05, 4.69) is 10.3 Å². The van der Waals surface area contributed by atoms with E-state index in [0.717, 1.165) is 22.6 Å². The number of rotatable bonds is 13. The zero-order valence-corrected chi connectivity index (χ0v) is 24.5. The van der Waals surface area contributed by atoms with Crippen LogP contribution in [0.25, 0.3) is 11.5 Å². The predicted octanol–water partition coefficient (Wildman–Crippen LogP) is 6.51. The number of ether oxygens (including phenoxy) is 2. The van der Waals surface area contributed by atoms with Crippen molar-refractivity contribution in [1.29, 1.82) is 0 Å². The molecular weight excluding hydrogens is 556 g/mol. The lowest BCUT2D eigenvalue weighted by Gasteiger charge is -2.20. The molecule has 0 aliphatic heterocycles. The fourth-order valence-electron chi connectivity index (χ4n) is 4.83. The quantitative estimate of drug-likeness (QED) is 0.0942. The summed E-state index contributed by atoms with van der Waals surface area (Å²) >= 11 is 0. The Morgan fingerprint density at radius 3 is 2.43 bits per heavy atom. The maximum Gasteiger partial charge on any atom is 0.328 e. The average molecular weight is 589 g/mol. The second kappa shape index (κ2) is 14.1. The first-order chi connectivity index (χ1) is 21.4. The number of aryl methyl sites for hydroxylation is 1. The van der Waals surface area contributed by atoms with E-state index < -0.39 is 12.0 Å². The van der Waals surface area contributed by atoms with Crippen LogP contribution in [-0.4, -0.2) is 42.8 Å². The number of methoxy groups -OCH3 is 1. The first-order valence-corrected chi connectivity index (χ1v) is 14.2. The second-order valence-electron chi connectivity index (χ2n) is 10.2. The van der Waals surface area contributed by atoms with Crippen LogP contribution < -0.4 is 10.1 Å². The van der Waals surface area contributed by atoms with Gasteiger partial charge in [0.2, 0.25) is 5.89 Å². The molecule has 5 aromatic rings. The van der Waals surface area contributed by atoms with Crippen LogP contribution in [0.15, 0.2) is 108 Å². The Kier molecular flexibility index (Phi) is 9.61. The van der Waals surface area contributed by atoms with Crippen molar-refractivity contribution in [1.82, 2.24) is 4.98 Å². The molecule has 0 aliphatic rings. The summed E-state index contributed by atoms with van der Waals surface area (Å²) < 4.78 is 16.9. The summed E-state index contributed by atoms with van der Waals surface area (Å²) in [4.78, 5) is 41.9. The Bertz CT molecular complexity index is 1740. The zero-order valence-electron chi connectivity index (χ0n) is 24.5.